The Morgan fingerprint density at radius 2 is 2.04 bits per heavy atom. The molecular formula is C16H22N6O. The van der Waals surface area contributed by atoms with Crippen LogP contribution in [0.15, 0.2) is 24.5 Å². The van der Waals surface area contributed by atoms with Crippen LogP contribution in [0.3, 0.4) is 0 Å². The van der Waals surface area contributed by atoms with Crippen LogP contribution >= 0.6 is 0 Å². The Balaban J connectivity index is 1.67. The molecule has 3 heterocycles. The minimum absolute atomic E-state index is 0.00126. The first-order valence-electron chi connectivity index (χ1n) is 7.83. The molecule has 0 atom stereocenters. The minimum atomic E-state index is -0.120. The molecule has 0 radical (unpaired) electrons. The molecule has 0 saturated heterocycles. The lowest BCUT2D eigenvalue weighted by molar-refractivity contribution is 0.210. The van der Waals surface area contributed by atoms with Crippen molar-refractivity contribution in [2.75, 3.05) is 11.9 Å². The zero-order valence-electron chi connectivity index (χ0n) is 13.8. The Bertz CT molecular complexity index is 685. The van der Waals surface area contributed by atoms with E-state index in [1.807, 2.05) is 16.8 Å². The van der Waals surface area contributed by atoms with Gasteiger partial charge in [0.05, 0.1) is 30.3 Å². The Kier molecular flexibility index (Phi) is 4.02. The molecule has 0 saturated carbocycles. The summed E-state index contributed by atoms with van der Waals surface area (Å²) in [5, 5.41) is 10.8. The van der Waals surface area contributed by atoms with Crippen molar-refractivity contribution in [3.63, 3.8) is 0 Å². The van der Waals surface area contributed by atoms with E-state index in [9.17, 15) is 4.79 Å². The van der Waals surface area contributed by atoms with Gasteiger partial charge in [0.2, 0.25) is 0 Å². The second-order valence-electron chi connectivity index (χ2n) is 6.84. The first-order valence-corrected chi connectivity index (χ1v) is 7.83. The predicted octanol–water partition coefficient (Wildman–Crippen LogP) is 2.41. The summed E-state index contributed by atoms with van der Waals surface area (Å²) in [7, 11) is 0. The number of rotatable bonds is 1. The maximum atomic E-state index is 12.5. The van der Waals surface area contributed by atoms with Crippen LogP contribution < -0.4 is 5.32 Å². The zero-order valence-corrected chi connectivity index (χ0v) is 13.8. The van der Waals surface area contributed by atoms with Gasteiger partial charge in [-0.25, -0.2) is 9.48 Å². The van der Waals surface area contributed by atoms with Crippen LogP contribution in [-0.4, -0.2) is 37.5 Å². The number of carbonyl (C=O) groups is 1. The second kappa shape index (κ2) is 5.98. The minimum Gasteiger partial charge on any atom is -0.319 e. The van der Waals surface area contributed by atoms with Crippen molar-refractivity contribution < 1.29 is 4.79 Å². The topological polar surface area (TPSA) is 75.9 Å². The second-order valence-corrected chi connectivity index (χ2v) is 6.84. The summed E-state index contributed by atoms with van der Waals surface area (Å²) < 4.78 is 1.85. The van der Waals surface area contributed by atoms with E-state index >= 15 is 0 Å². The first-order chi connectivity index (χ1) is 10.9. The number of aryl methyl sites for hydroxylation is 1. The Hall–Kier alpha value is -2.44. The van der Waals surface area contributed by atoms with Gasteiger partial charge in [0.15, 0.2) is 0 Å². The Morgan fingerprint density at radius 3 is 2.74 bits per heavy atom. The van der Waals surface area contributed by atoms with Gasteiger partial charge < -0.3 is 10.2 Å². The molecule has 2 aromatic rings. The molecule has 1 aliphatic heterocycles. The highest BCUT2D eigenvalue weighted by atomic mass is 16.2. The maximum Gasteiger partial charge on any atom is 0.322 e. The molecule has 0 aliphatic carbocycles. The number of hydrogen-bond acceptors (Lipinski definition) is 4. The molecule has 7 heteroatoms. The van der Waals surface area contributed by atoms with Gasteiger partial charge in [-0.3, -0.25) is 4.98 Å². The molecule has 2 aromatic heterocycles. The molecule has 0 fully saturated rings. The largest absolute Gasteiger partial charge is 0.322 e. The van der Waals surface area contributed by atoms with E-state index in [0.29, 0.717) is 18.8 Å². The molecule has 0 spiro atoms. The highest BCUT2D eigenvalue weighted by Crippen LogP contribution is 2.21. The van der Waals surface area contributed by atoms with Crippen molar-refractivity contribution in [3.8, 4) is 0 Å². The number of urea groups is 1. The van der Waals surface area contributed by atoms with E-state index in [1.54, 1.807) is 17.3 Å². The van der Waals surface area contributed by atoms with Crippen molar-refractivity contribution in [3.05, 3.63) is 35.9 Å². The molecule has 23 heavy (non-hydrogen) atoms. The zero-order chi connectivity index (χ0) is 16.4. The van der Waals surface area contributed by atoms with E-state index < -0.39 is 0 Å². The molecule has 7 nitrogen and oxygen atoms in total. The monoisotopic (exact) mass is 314 g/mol. The first kappa shape index (κ1) is 15.5. The van der Waals surface area contributed by atoms with E-state index in [-0.39, 0.29) is 11.4 Å². The quantitative estimate of drug-likeness (QED) is 0.877. The van der Waals surface area contributed by atoms with Gasteiger partial charge in [0.1, 0.15) is 0 Å². The van der Waals surface area contributed by atoms with Crippen molar-refractivity contribution in [2.45, 2.75) is 45.7 Å². The van der Waals surface area contributed by atoms with Gasteiger partial charge in [-0.1, -0.05) is 26.0 Å². The lowest BCUT2D eigenvalue weighted by Crippen LogP contribution is -2.34. The third-order valence-corrected chi connectivity index (χ3v) is 3.92. The highest BCUT2D eigenvalue weighted by molar-refractivity contribution is 5.89. The number of hydrogen-bond donors (Lipinski definition) is 1. The van der Waals surface area contributed by atoms with E-state index in [0.717, 1.165) is 24.4 Å². The van der Waals surface area contributed by atoms with Crippen LogP contribution in [0.25, 0.3) is 0 Å². The van der Waals surface area contributed by atoms with Gasteiger partial charge in [-0.15, -0.1) is 5.10 Å². The number of fused-ring (bicyclic) bond motifs is 1. The summed E-state index contributed by atoms with van der Waals surface area (Å²) in [4.78, 5) is 18.7. The molecular weight excluding hydrogens is 292 g/mol. The average Bonchev–Trinajstić information content (AvgIpc) is 2.83. The van der Waals surface area contributed by atoms with Gasteiger partial charge >= 0.3 is 6.03 Å². The fourth-order valence-electron chi connectivity index (χ4n) is 2.56. The van der Waals surface area contributed by atoms with E-state index in [4.69, 9.17) is 0 Å². The average molecular weight is 314 g/mol. The summed E-state index contributed by atoms with van der Waals surface area (Å²) in [6.07, 6.45) is 4.29. The van der Waals surface area contributed by atoms with Gasteiger partial charge in [0, 0.05) is 24.2 Å². The molecule has 0 bridgehead atoms. The normalized spacial score (nSPS) is 15.0. The molecule has 122 valence electrons. The number of pyridine rings is 1. The molecule has 0 unspecified atom stereocenters. The number of nitrogens with one attached hydrogen (secondary N) is 1. The van der Waals surface area contributed by atoms with Crippen LogP contribution in [0.5, 0.6) is 0 Å². The van der Waals surface area contributed by atoms with E-state index in [1.165, 1.54) is 0 Å². The number of nitrogens with zero attached hydrogens (tertiary/aromatic N) is 5. The summed E-state index contributed by atoms with van der Waals surface area (Å²) >= 11 is 0. The number of amides is 2. The Morgan fingerprint density at radius 1 is 1.22 bits per heavy atom. The summed E-state index contributed by atoms with van der Waals surface area (Å²) in [5.41, 5.74) is 2.66. The van der Waals surface area contributed by atoms with Crippen LogP contribution in [0.1, 0.15) is 38.6 Å². The molecule has 2 amide bonds. The summed E-state index contributed by atoms with van der Waals surface area (Å²) in [6.45, 7) is 8.35. The standard InChI is InChI=1S/C16H22N6O/c1-16(2,3)14-6-5-12(9-17-14)19-15(23)21-7-4-8-22-13(11-21)10-18-20-22/h5-6,9-10H,4,7-8,11H2,1-3H3,(H,19,23). The summed E-state index contributed by atoms with van der Waals surface area (Å²) in [5.74, 6) is 0. The van der Waals surface area contributed by atoms with Crippen LogP contribution in [0.2, 0.25) is 0 Å². The molecule has 1 aliphatic rings. The summed E-state index contributed by atoms with van der Waals surface area (Å²) in [6, 6.07) is 3.73. The smallest absolute Gasteiger partial charge is 0.319 e. The van der Waals surface area contributed by atoms with Crippen molar-refractivity contribution in [1.29, 1.82) is 0 Å². The molecule has 0 aromatic carbocycles. The highest BCUT2D eigenvalue weighted by Gasteiger charge is 2.20. The fraction of sp³-hybridized carbons (Fsp3) is 0.500. The van der Waals surface area contributed by atoms with Crippen molar-refractivity contribution in [2.24, 2.45) is 0 Å². The SMILES string of the molecule is CC(C)(C)c1ccc(NC(=O)N2CCCn3nncc3C2)cn1. The fourth-order valence-corrected chi connectivity index (χ4v) is 2.56. The third-order valence-electron chi connectivity index (χ3n) is 3.92. The molecule has 3 rings (SSSR count). The predicted molar refractivity (Wildman–Crippen MR) is 87.0 cm³/mol. The third kappa shape index (κ3) is 3.49. The van der Waals surface area contributed by atoms with Crippen molar-refractivity contribution in [1.82, 2.24) is 24.9 Å². The van der Waals surface area contributed by atoms with E-state index in [2.05, 4.69) is 41.4 Å². The van der Waals surface area contributed by atoms with Gasteiger partial charge in [-0.2, -0.15) is 0 Å². The Labute approximate surface area is 135 Å². The molecule has 1 N–H and O–H groups in total. The van der Waals surface area contributed by atoms with Crippen LogP contribution in [0.4, 0.5) is 10.5 Å². The van der Waals surface area contributed by atoms with Crippen LogP contribution in [0, 0.1) is 0 Å². The van der Waals surface area contributed by atoms with Gasteiger partial charge in [0.25, 0.3) is 0 Å². The number of anilines is 1. The maximum absolute atomic E-state index is 12.5. The van der Waals surface area contributed by atoms with Crippen LogP contribution in [-0.2, 0) is 18.5 Å². The lowest BCUT2D eigenvalue weighted by Gasteiger charge is -2.21. The number of carbonyl (C=O) groups excluding carboxylic acids is 1. The van der Waals surface area contributed by atoms with Crippen molar-refractivity contribution >= 4 is 11.7 Å². The van der Waals surface area contributed by atoms with Gasteiger partial charge in [-0.05, 0) is 18.6 Å². The lowest BCUT2D eigenvalue weighted by atomic mass is 9.92. The number of aromatic nitrogens is 4.